The molecule has 0 saturated heterocycles. The summed E-state index contributed by atoms with van der Waals surface area (Å²) < 4.78 is 10.6. The minimum atomic E-state index is -0.996. The summed E-state index contributed by atoms with van der Waals surface area (Å²) in [6.07, 6.45) is 2.54. The standard InChI is InChI=1S/C12H14O4/c1-3-16-10-6-4-5-9(12(10)15-2)7-8-11(13)14/h4-8H,3H2,1-2H3,(H,13,14)/b8-7+. The first-order valence-electron chi connectivity index (χ1n) is 4.89. The van der Waals surface area contributed by atoms with Gasteiger partial charge in [-0.05, 0) is 19.1 Å². The van der Waals surface area contributed by atoms with E-state index >= 15 is 0 Å². The molecule has 0 amide bonds. The number of hydrogen-bond donors (Lipinski definition) is 1. The Kier molecular flexibility index (Phi) is 4.39. The molecule has 0 radical (unpaired) electrons. The van der Waals surface area contributed by atoms with Crippen LogP contribution in [-0.4, -0.2) is 24.8 Å². The van der Waals surface area contributed by atoms with Gasteiger partial charge < -0.3 is 14.6 Å². The second-order valence-corrected chi connectivity index (χ2v) is 2.98. The summed E-state index contributed by atoms with van der Waals surface area (Å²) in [6.45, 7) is 2.40. The normalized spacial score (nSPS) is 10.4. The Morgan fingerprint density at radius 2 is 2.25 bits per heavy atom. The number of rotatable bonds is 5. The Balaban J connectivity index is 3.08. The van der Waals surface area contributed by atoms with Crippen LogP contribution in [0.3, 0.4) is 0 Å². The number of hydrogen-bond acceptors (Lipinski definition) is 3. The Morgan fingerprint density at radius 3 is 2.81 bits per heavy atom. The molecule has 0 atom stereocenters. The van der Waals surface area contributed by atoms with Crippen LogP contribution in [0.15, 0.2) is 24.3 Å². The molecule has 0 aromatic heterocycles. The number of para-hydroxylation sites is 1. The minimum Gasteiger partial charge on any atom is -0.492 e. The number of benzene rings is 1. The number of carbonyl (C=O) groups is 1. The zero-order chi connectivity index (χ0) is 12.0. The summed E-state index contributed by atoms with van der Waals surface area (Å²) in [7, 11) is 1.52. The maximum absolute atomic E-state index is 10.4. The van der Waals surface area contributed by atoms with Crippen molar-refractivity contribution >= 4 is 12.0 Å². The van der Waals surface area contributed by atoms with Crippen LogP contribution in [0.2, 0.25) is 0 Å². The van der Waals surface area contributed by atoms with Crippen LogP contribution in [0.1, 0.15) is 12.5 Å². The van der Waals surface area contributed by atoms with Crippen molar-refractivity contribution in [1.29, 1.82) is 0 Å². The molecule has 0 saturated carbocycles. The largest absolute Gasteiger partial charge is 0.492 e. The Labute approximate surface area is 94.1 Å². The van der Waals surface area contributed by atoms with E-state index in [2.05, 4.69) is 0 Å². The van der Waals surface area contributed by atoms with E-state index in [1.54, 1.807) is 18.2 Å². The lowest BCUT2D eigenvalue weighted by Crippen LogP contribution is -1.97. The average molecular weight is 222 g/mol. The van der Waals surface area contributed by atoms with Gasteiger partial charge in [-0.1, -0.05) is 12.1 Å². The summed E-state index contributed by atoms with van der Waals surface area (Å²) in [5, 5.41) is 8.55. The van der Waals surface area contributed by atoms with Crippen molar-refractivity contribution < 1.29 is 19.4 Å². The van der Waals surface area contributed by atoms with Crippen LogP contribution >= 0.6 is 0 Å². The molecule has 0 spiro atoms. The van der Waals surface area contributed by atoms with Crippen LogP contribution in [0.4, 0.5) is 0 Å². The number of ether oxygens (including phenoxy) is 2. The fourth-order valence-electron chi connectivity index (χ4n) is 1.31. The maximum Gasteiger partial charge on any atom is 0.328 e. The first-order valence-corrected chi connectivity index (χ1v) is 4.89. The van der Waals surface area contributed by atoms with Crippen molar-refractivity contribution in [3.05, 3.63) is 29.8 Å². The molecule has 0 fully saturated rings. The molecule has 1 aromatic rings. The maximum atomic E-state index is 10.4. The summed E-state index contributed by atoms with van der Waals surface area (Å²) in [4.78, 5) is 10.4. The van der Waals surface area contributed by atoms with Crippen molar-refractivity contribution in [3.8, 4) is 11.5 Å². The van der Waals surface area contributed by atoms with Crippen molar-refractivity contribution in [3.63, 3.8) is 0 Å². The quantitative estimate of drug-likeness (QED) is 0.776. The zero-order valence-electron chi connectivity index (χ0n) is 9.27. The number of aliphatic carboxylic acids is 1. The molecule has 86 valence electrons. The van der Waals surface area contributed by atoms with Crippen molar-refractivity contribution in [1.82, 2.24) is 0 Å². The lowest BCUT2D eigenvalue weighted by Gasteiger charge is -2.11. The lowest BCUT2D eigenvalue weighted by molar-refractivity contribution is -0.131. The van der Waals surface area contributed by atoms with E-state index in [1.165, 1.54) is 13.2 Å². The molecule has 4 heteroatoms. The number of carboxylic acid groups (broad SMARTS) is 1. The molecule has 0 unspecified atom stereocenters. The van der Waals surface area contributed by atoms with Gasteiger partial charge >= 0.3 is 5.97 Å². The molecule has 0 aliphatic carbocycles. The highest BCUT2D eigenvalue weighted by Gasteiger charge is 2.07. The van der Waals surface area contributed by atoms with E-state index in [4.69, 9.17) is 14.6 Å². The molecule has 0 aliphatic heterocycles. The van der Waals surface area contributed by atoms with E-state index in [9.17, 15) is 4.79 Å². The van der Waals surface area contributed by atoms with Gasteiger partial charge in [-0.2, -0.15) is 0 Å². The lowest BCUT2D eigenvalue weighted by atomic mass is 10.1. The van der Waals surface area contributed by atoms with Crippen LogP contribution < -0.4 is 9.47 Å². The molecule has 1 aromatic carbocycles. The molecule has 0 bridgehead atoms. The fraction of sp³-hybridized carbons (Fsp3) is 0.250. The van der Waals surface area contributed by atoms with Crippen LogP contribution in [0.5, 0.6) is 11.5 Å². The predicted molar refractivity (Wildman–Crippen MR) is 60.8 cm³/mol. The van der Waals surface area contributed by atoms with Gasteiger partial charge in [0.15, 0.2) is 11.5 Å². The highest BCUT2D eigenvalue weighted by Crippen LogP contribution is 2.31. The second kappa shape index (κ2) is 5.80. The molecule has 16 heavy (non-hydrogen) atoms. The average Bonchev–Trinajstić information content (AvgIpc) is 2.27. The van der Waals surface area contributed by atoms with E-state index < -0.39 is 5.97 Å². The van der Waals surface area contributed by atoms with Gasteiger partial charge in [0.25, 0.3) is 0 Å². The molecule has 0 aliphatic rings. The van der Waals surface area contributed by atoms with Gasteiger partial charge in [0, 0.05) is 11.6 Å². The van der Waals surface area contributed by atoms with Gasteiger partial charge in [-0.15, -0.1) is 0 Å². The van der Waals surface area contributed by atoms with E-state index in [1.807, 2.05) is 6.92 Å². The van der Waals surface area contributed by atoms with Gasteiger partial charge in [0.1, 0.15) is 0 Å². The van der Waals surface area contributed by atoms with Crippen LogP contribution in [0, 0.1) is 0 Å². The minimum absolute atomic E-state index is 0.530. The molecular weight excluding hydrogens is 208 g/mol. The summed E-state index contributed by atoms with van der Waals surface area (Å²) in [5.41, 5.74) is 0.677. The predicted octanol–water partition coefficient (Wildman–Crippen LogP) is 2.19. The third kappa shape index (κ3) is 3.02. The van der Waals surface area contributed by atoms with Gasteiger partial charge in [-0.25, -0.2) is 4.79 Å². The van der Waals surface area contributed by atoms with E-state index in [-0.39, 0.29) is 0 Å². The highest BCUT2D eigenvalue weighted by molar-refractivity contribution is 5.86. The van der Waals surface area contributed by atoms with E-state index in [0.29, 0.717) is 23.7 Å². The van der Waals surface area contributed by atoms with Crippen molar-refractivity contribution in [2.24, 2.45) is 0 Å². The molecule has 0 heterocycles. The molecule has 4 nitrogen and oxygen atoms in total. The first-order chi connectivity index (χ1) is 7.69. The third-order valence-electron chi connectivity index (χ3n) is 1.92. The smallest absolute Gasteiger partial charge is 0.328 e. The molecule has 1 rings (SSSR count). The summed E-state index contributed by atoms with van der Waals surface area (Å²) >= 11 is 0. The van der Waals surface area contributed by atoms with Crippen molar-refractivity contribution in [2.45, 2.75) is 6.92 Å². The van der Waals surface area contributed by atoms with E-state index in [0.717, 1.165) is 6.08 Å². The third-order valence-corrected chi connectivity index (χ3v) is 1.92. The van der Waals surface area contributed by atoms with Gasteiger partial charge in [0.05, 0.1) is 13.7 Å². The topological polar surface area (TPSA) is 55.8 Å². The van der Waals surface area contributed by atoms with Gasteiger partial charge in [-0.3, -0.25) is 0 Å². The number of carboxylic acids is 1. The first kappa shape index (κ1) is 12.1. The van der Waals surface area contributed by atoms with Crippen LogP contribution in [0.25, 0.3) is 6.08 Å². The van der Waals surface area contributed by atoms with Gasteiger partial charge in [0.2, 0.25) is 0 Å². The van der Waals surface area contributed by atoms with Crippen LogP contribution in [-0.2, 0) is 4.79 Å². The Hall–Kier alpha value is -1.97. The summed E-state index contributed by atoms with van der Waals surface area (Å²) in [5.74, 6) is 0.156. The Bertz CT molecular complexity index is 396. The highest BCUT2D eigenvalue weighted by atomic mass is 16.5. The molecule has 1 N–H and O–H groups in total. The molecular formula is C12H14O4. The zero-order valence-corrected chi connectivity index (χ0v) is 9.27. The van der Waals surface area contributed by atoms with Crippen molar-refractivity contribution in [2.75, 3.05) is 13.7 Å². The monoisotopic (exact) mass is 222 g/mol. The summed E-state index contributed by atoms with van der Waals surface area (Å²) in [6, 6.07) is 5.33. The second-order valence-electron chi connectivity index (χ2n) is 2.98. The SMILES string of the molecule is CCOc1cccc(/C=C/C(=O)O)c1OC. The number of methoxy groups -OCH3 is 1. The Morgan fingerprint density at radius 1 is 1.50 bits per heavy atom. The fourth-order valence-corrected chi connectivity index (χ4v) is 1.31.